The Balaban J connectivity index is -0.0000000172. The summed E-state index contributed by atoms with van der Waals surface area (Å²) in [5, 5.41) is 229. The predicted octanol–water partition coefficient (Wildman–Crippen LogP) is 5.36. The van der Waals surface area contributed by atoms with E-state index in [0.29, 0.717) is 0 Å². The normalized spacial score (nSPS) is 9.45. The van der Waals surface area contributed by atoms with Gasteiger partial charge in [0, 0.05) is 274 Å². The molecule has 40 heteroatoms. The third-order valence-electron chi connectivity index (χ3n) is 2.62. The topological polar surface area (TPSA) is 625 Å². The SMILES string of the molecule is CC(C)O.CC(C)O.CC(C)O.CC(C)O.CC(C)O.CC(C)O.CC(C)O.CC(C)O.CCO.CCO.CCO.CCO.CCO.CCO.CCO.CCO.CCO.CCO.CCO.C[N-]C(C)O.C[N-]C(C)O.C[N-]C(C)O.C[N-]C(C)O.C[N-]C(C)O.C[N-]C(C)O.C[N-]C(C)O.[Ti].[Ti].[Ti].[Ti].[Ti].[Ti].[Ti]. The minimum absolute atomic E-state index is 0. The Morgan fingerprint density at radius 3 is 0.150 bits per heavy atom. The zero-order chi connectivity index (χ0) is 88.4. The molecule has 0 saturated heterocycles. The van der Waals surface area contributed by atoms with Crippen molar-refractivity contribution in [2.75, 3.05) is 122 Å². The van der Waals surface area contributed by atoms with Crippen LogP contribution in [0.1, 0.15) is 235 Å². The maximum Gasteiger partial charge on any atom is 0.0483 e. The van der Waals surface area contributed by atoms with Gasteiger partial charge in [0.15, 0.2) is 0 Å². The predicted molar refractivity (Wildman–Crippen MR) is 426 cm³/mol. The van der Waals surface area contributed by atoms with Crippen LogP contribution in [0.15, 0.2) is 0 Å². The van der Waals surface area contributed by atoms with Gasteiger partial charge in [-0.1, -0.05) is 48.5 Å². The number of hydrogen-bond acceptors (Lipinski definition) is 26. The van der Waals surface area contributed by atoms with Crippen molar-refractivity contribution in [3.05, 3.63) is 37.2 Å². The van der Waals surface area contributed by atoms with Crippen LogP contribution >= 0.6 is 0 Å². The Morgan fingerprint density at radius 2 is 0.150 bits per heavy atom. The van der Waals surface area contributed by atoms with E-state index in [9.17, 15) is 0 Å². The summed E-state index contributed by atoms with van der Waals surface area (Å²) in [5.74, 6) is 0. The molecule has 33 nitrogen and oxygen atoms in total. The van der Waals surface area contributed by atoms with Gasteiger partial charge < -0.3 is 170 Å². The molecule has 26 N–H and O–H groups in total. The van der Waals surface area contributed by atoms with E-state index in [1.807, 2.05) is 0 Å². The Hall–Kier alpha value is 3.68. The van der Waals surface area contributed by atoms with Crippen LogP contribution in [-0.2, 0) is 152 Å². The Labute approximate surface area is 765 Å². The molecule has 0 radical (unpaired) electrons. The molecule has 0 aromatic rings. The standard InChI is InChI=1S/7C3H8NO.8C3H8O.11C2H6O.7Ti/c7*1-3(5)4-2;8*1-3(2)4;11*1-2-3;;;;;;;/h7*3,5H,1-2H3;8*3-4H,1-2H3;11*3H,2H2,1H3;;;;;;;/q7*-1;;;;;;;;;;;;;;;;;;;;;;;;;;. The molecule has 0 aromatic heterocycles. The summed E-state index contributed by atoms with van der Waals surface area (Å²) in [5.41, 5.74) is 0. The van der Waals surface area contributed by atoms with Crippen molar-refractivity contribution < 1.29 is 285 Å². The maximum atomic E-state index is 8.19. The molecular formula is C67H186N7O26Ti7-7. The second kappa shape index (κ2) is 291. The fourth-order valence-electron chi connectivity index (χ4n) is 0. The Morgan fingerprint density at radius 1 is 0.140 bits per heavy atom. The van der Waals surface area contributed by atoms with Crippen LogP contribution in [0.25, 0.3) is 37.2 Å². The van der Waals surface area contributed by atoms with Gasteiger partial charge in [-0.05, 0) is 231 Å². The van der Waals surface area contributed by atoms with Crippen LogP contribution in [-0.4, -0.2) is 347 Å². The maximum absolute atomic E-state index is 8.19. The smallest absolute Gasteiger partial charge is 0.0483 e. The van der Waals surface area contributed by atoms with Gasteiger partial charge in [-0.25, -0.2) is 0 Å². The van der Waals surface area contributed by atoms with Gasteiger partial charge >= 0.3 is 0 Å². The molecule has 0 amide bonds. The summed E-state index contributed by atoms with van der Waals surface area (Å²) in [6, 6.07) is 0. The Bertz CT molecular complexity index is 666. The summed E-state index contributed by atoms with van der Waals surface area (Å²) in [4.78, 5) is 0. The first-order chi connectivity index (χ1) is 45.3. The Kier molecular flexibility index (Phi) is 601. The fourth-order valence-corrected chi connectivity index (χ4v) is 0. The second-order valence-corrected chi connectivity index (χ2v) is 18.5. The largest absolute Gasteiger partial charge is 0.640 e. The molecule has 0 aliphatic rings. The molecule has 0 aliphatic heterocycles. The molecule has 680 valence electrons. The van der Waals surface area contributed by atoms with Crippen molar-refractivity contribution in [2.24, 2.45) is 0 Å². The van der Waals surface area contributed by atoms with Crippen molar-refractivity contribution in [2.45, 2.75) is 328 Å². The molecule has 0 aromatic carbocycles. The number of aliphatic hydroxyl groups excluding tert-OH is 26. The van der Waals surface area contributed by atoms with Crippen LogP contribution in [0.4, 0.5) is 0 Å². The number of rotatable bonds is 7. The van der Waals surface area contributed by atoms with Gasteiger partial charge in [0.2, 0.25) is 0 Å². The van der Waals surface area contributed by atoms with Crippen LogP contribution < -0.4 is 0 Å². The monoisotopic (exact) mass is 1840 g/mol. The van der Waals surface area contributed by atoms with Gasteiger partial charge in [0.25, 0.3) is 0 Å². The molecule has 0 saturated carbocycles. The molecule has 7 atom stereocenters. The van der Waals surface area contributed by atoms with E-state index in [-0.39, 0.29) is 274 Å². The second-order valence-electron chi connectivity index (χ2n) is 18.5. The number of hydrogen-bond donors (Lipinski definition) is 26. The summed E-state index contributed by atoms with van der Waals surface area (Å²) in [6.07, 6.45) is -4.77. The molecular weight excluding hydrogens is 1650 g/mol. The molecule has 0 heterocycles. The summed E-state index contributed by atoms with van der Waals surface area (Å²) < 4.78 is 0. The van der Waals surface area contributed by atoms with Gasteiger partial charge in [0.05, 0.1) is 0 Å². The fraction of sp³-hybridized carbons (Fsp3) is 1.00. The first kappa shape index (κ1) is 221. The minimum Gasteiger partial charge on any atom is -0.640 e. The van der Waals surface area contributed by atoms with E-state index in [4.69, 9.17) is 133 Å². The number of nitrogens with zero attached hydrogens (tertiary/aromatic N) is 7. The first-order valence-corrected chi connectivity index (χ1v) is 33.3. The zero-order valence-corrected chi connectivity index (χ0v) is 86.6. The van der Waals surface area contributed by atoms with Gasteiger partial charge in [-0.15, -0.1) is 0 Å². The first-order valence-electron chi connectivity index (χ1n) is 33.3. The molecule has 0 aliphatic carbocycles. The molecule has 0 rings (SSSR count). The van der Waals surface area contributed by atoms with E-state index in [1.165, 1.54) is 0 Å². The van der Waals surface area contributed by atoms with Crippen LogP contribution in [0.5, 0.6) is 0 Å². The minimum atomic E-state index is -0.491. The quantitative estimate of drug-likeness (QED) is 0.143. The third-order valence-corrected chi connectivity index (χ3v) is 2.62. The number of aliphatic hydroxyl groups is 26. The van der Waals surface area contributed by atoms with Crippen molar-refractivity contribution in [1.29, 1.82) is 0 Å². The van der Waals surface area contributed by atoms with E-state index in [2.05, 4.69) is 37.2 Å². The van der Waals surface area contributed by atoms with Crippen LogP contribution in [0, 0.1) is 0 Å². The summed E-state index contributed by atoms with van der Waals surface area (Å²) in [6.45, 7) is 60.1. The molecule has 0 bridgehead atoms. The van der Waals surface area contributed by atoms with Gasteiger partial charge in [0.1, 0.15) is 0 Å². The molecule has 107 heavy (non-hydrogen) atoms. The average molecular weight is 1840 g/mol. The molecule has 0 fully saturated rings. The van der Waals surface area contributed by atoms with Crippen molar-refractivity contribution in [3.8, 4) is 0 Å². The van der Waals surface area contributed by atoms with E-state index in [0.717, 1.165) is 0 Å². The van der Waals surface area contributed by atoms with Gasteiger partial charge in [-0.3, -0.25) is 0 Å². The van der Waals surface area contributed by atoms with Gasteiger partial charge in [-0.2, -0.15) is 49.3 Å². The van der Waals surface area contributed by atoms with Crippen molar-refractivity contribution in [3.63, 3.8) is 0 Å². The van der Waals surface area contributed by atoms with E-state index in [1.54, 1.807) is 285 Å². The van der Waals surface area contributed by atoms with E-state index < -0.39 is 43.6 Å². The molecule has 0 spiro atoms. The average Bonchev–Trinajstić information content (AvgIpc) is 3.43. The van der Waals surface area contributed by atoms with Crippen molar-refractivity contribution in [1.82, 2.24) is 0 Å². The van der Waals surface area contributed by atoms with Crippen molar-refractivity contribution >= 4 is 0 Å². The van der Waals surface area contributed by atoms with Crippen LogP contribution in [0.2, 0.25) is 0 Å². The summed E-state index contributed by atoms with van der Waals surface area (Å²) >= 11 is 0. The van der Waals surface area contributed by atoms with E-state index >= 15 is 0 Å². The zero-order valence-electron chi connectivity index (χ0n) is 75.7. The molecule has 7 unspecified atom stereocenters. The van der Waals surface area contributed by atoms with Crippen LogP contribution in [0.3, 0.4) is 0 Å². The third kappa shape index (κ3) is 4070. The summed E-state index contributed by atoms with van der Waals surface area (Å²) in [7, 11) is 11.0.